The maximum absolute atomic E-state index is 12.7. The third-order valence-corrected chi connectivity index (χ3v) is 4.54. The van der Waals surface area contributed by atoms with E-state index in [9.17, 15) is 9.59 Å². The molecule has 1 aliphatic rings. The predicted molar refractivity (Wildman–Crippen MR) is 94.8 cm³/mol. The van der Waals surface area contributed by atoms with E-state index >= 15 is 0 Å². The molecule has 1 amide bonds. The standard InChI is InChI=1S/C19H23N3O3/c1-13-9-17(23)21-19(20-13)15-6-4-8-22(12-15)18(24)11-14-5-3-7-16(10-14)25-2/h3,5,7,9-10,15H,4,6,8,11-12H2,1-2H3,(H,20,21,23)/t15-/m1/s1. The van der Waals surface area contributed by atoms with E-state index in [2.05, 4.69) is 9.97 Å². The van der Waals surface area contributed by atoms with Crippen molar-refractivity contribution in [2.45, 2.75) is 32.1 Å². The summed E-state index contributed by atoms with van der Waals surface area (Å²) in [6.07, 6.45) is 2.18. The molecule has 2 heterocycles. The average molecular weight is 341 g/mol. The average Bonchev–Trinajstić information content (AvgIpc) is 2.61. The number of rotatable bonds is 4. The predicted octanol–water partition coefficient (Wildman–Crippen LogP) is 2.04. The van der Waals surface area contributed by atoms with Crippen molar-refractivity contribution in [1.29, 1.82) is 0 Å². The normalized spacial score (nSPS) is 17.4. The van der Waals surface area contributed by atoms with Crippen LogP contribution in [-0.2, 0) is 11.2 Å². The van der Waals surface area contributed by atoms with Crippen LogP contribution in [-0.4, -0.2) is 41.0 Å². The van der Waals surface area contributed by atoms with E-state index < -0.39 is 0 Å². The lowest BCUT2D eigenvalue weighted by Gasteiger charge is -2.32. The summed E-state index contributed by atoms with van der Waals surface area (Å²) in [5.41, 5.74) is 1.51. The number of ether oxygens (including phenoxy) is 1. The van der Waals surface area contributed by atoms with Crippen LogP contribution in [0.2, 0.25) is 0 Å². The number of amides is 1. The minimum Gasteiger partial charge on any atom is -0.497 e. The van der Waals surface area contributed by atoms with Gasteiger partial charge in [-0.25, -0.2) is 4.98 Å². The molecule has 1 saturated heterocycles. The second-order valence-corrected chi connectivity index (χ2v) is 6.48. The number of carbonyl (C=O) groups excluding carboxylic acids is 1. The van der Waals surface area contributed by atoms with Crippen molar-refractivity contribution in [2.75, 3.05) is 20.2 Å². The molecular weight excluding hydrogens is 318 g/mol. The molecule has 132 valence electrons. The fourth-order valence-corrected chi connectivity index (χ4v) is 3.29. The highest BCUT2D eigenvalue weighted by atomic mass is 16.5. The van der Waals surface area contributed by atoms with Crippen molar-refractivity contribution >= 4 is 5.91 Å². The molecule has 0 radical (unpaired) electrons. The van der Waals surface area contributed by atoms with Gasteiger partial charge in [0, 0.05) is 30.8 Å². The number of aromatic nitrogens is 2. The number of hydrogen-bond donors (Lipinski definition) is 1. The Bertz CT molecular complexity index is 816. The first-order valence-corrected chi connectivity index (χ1v) is 8.53. The van der Waals surface area contributed by atoms with E-state index in [1.807, 2.05) is 36.1 Å². The molecule has 0 saturated carbocycles. The summed E-state index contributed by atoms with van der Waals surface area (Å²) in [7, 11) is 1.62. The Kier molecular flexibility index (Phi) is 5.16. The van der Waals surface area contributed by atoms with Gasteiger partial charge in [0.2, 0.25) is 5.91 Å². The molecule has 6 nitrogen and oxygen atoms in total. The maximum atomic E-state index is 12.7. The Morgan fingerprint density at radius 2 is 2.24 bits per heavy atom. The lowest BCUT2D eigenvalue weighted by atomic mass is 9.96. The third-order valence-electron chi connectivity index (χ3n) is 4.54. The molecule has 1 atom stereocenters. The molecule has 0 aliphatic carbocycles. The molecule has 1 N–H and O–H groups in total. The number of aromatic amines is 1. The number of carbonyl (C=O) groups is 1. The van der Waals surface area contributed by atoms with Crippen LogP contribution in [0.15, 0.2) is 35.1 Å². The van der Waals surface area contributed by atoms with Gasteiger partial charge < -0.3 is 14.6 Å². The number of piperidine rings is 1. The third kappa shape index (κ3) is 4.26. The lowest BCUT2D eigenvalue weighted by molar-refractivity contribution is -0.131. The summed E-state index contributed by atoms with van der Waals surface area (Å²) < 4.78 is 5.21. The van der Waals surface area contributed by atoms with E-state index in [4.69, 9.17) is 4.74 Å². The number of benzene rings is 1. The van der Waals surface area contributed by atoms with Crippen molar-refractivity contribution in [3.63, 3.8) is 0 Å². The van der Waals surface area contributed by atoms with Gasteiger partial charge in [0.1, 0.15) is 11.6 Å². The highest BCUT2D eigenvalue weighted by Crippen LogP contribution is 2.24. The van der Waals surface area contributed by atoms with Gasteiger partial charge in [0.05, 0.1) is 13.5 Å². The largest absolute Gasteiger partial charge is 0.497 e. The Hall–Kier alpha value is -2.63. The van der Waals surface area contributed by atoms with Crippen molar-refractivity contribution in [3.8, 4) is 5.75 Å². The van der Waals surface area contributed by atoms with E-state index in [0.29, 0.717) is 24.5 Å². The summed E-state index contributed by atoms with van der Waals surface area (Å²) in [6.45, 7) is 3.15. The van der Waals surface area contributed by atoms with E-state index in [1.54, 1.807) is 7.11 Å². The molecule has 2 aromatic rings. The van der Waals surface area contributed by atoms with Crippen LogP contribution >= 0.6 is 0 Å². The van der Waals surface area contributed by atoms with Gasteiger partial charge in [0.15, 0.2) is 0 Å². The molecule has 3 rings (SSSR count). The van der Waals surface area contributed by atoms with E-state index in [-0.39, 0.29) is 17.4 Å². The van der Waals surface area contributed by atoms with Crippen LogP contribution in [0.5, 0.6) is 5.75 Å². The SMILES string of the molecule is COc1cccc(CC(=O)N2CCC[C@@H](c3nc(C)cc(=O)[nH]3)C2)c1. The number of hydrogen-bond acceptors (Lipinski definition) is 4. The number of nitrogens with one attached hydrogen (secondary N) is 1. The molecule has 1 aromatic carbocycles. The molecule has 0 spiro atoms. The van der Waals surface area contributed by atoms with Crippen LogP contribution in [0, 0.1) is 6.92 Å². The van der Waals surface area contributed by atoms with Crippen LogP contribution < -0.4 is 10.3 Å². The smallest absolute Gasteiger partial charge is 0.251 e. The fraction of sp³-hybridized carbons (Fsp3) is 0.421. The van der Waals surface area contributed by atoms with Crippen LogP contribution in [0.3, 0.4) is 0 Å². The molecule has 1 aliphatic heterocycles. The Morgan fingerprint density at radius 1 is 1.40 bits per heavy atom. The Labute approximate surface area is 146 Å². The number of aryl methyl sites for hydroxylation is 1. The van der Waals surface area contributed by atoms with Crippen LogP contribution in [0.25, 0.3) is 0 Å². The van der Waals surface area contributed by atoms with Crippen molar-refractivity contribution in [3.05, 3.63) is 57.8 Å². The first kappa shape index (κ1) is 17.2. The minimum absolute atomic E-state index is 0.0793. The maximum Gasteiger partial charge on any atom is 0.251 e. The van der Waals surface area contributed by atoms with Gasteiger partial charge in [0.25, 0.3) is 5.56 Å². The molecule has 1 aromatic heterocycles. The lowest BCUT2D eigenvalue weighted by Crippen LogP contribution is -2.40. The van der Waals surface area contributed by atoms with Crippen LogP contribution in [0.4, 0.5) is 0 Å². The number of methoxy groups -OCH3 is 1. The Balaban J connectivity index is 1.70. The summed E-state index contributed by atoms with van der Waals surface area (Å²) in [4.78, 5) is 33.5. The minimum atomic E-state index is -0.137. The summed E-state index contributed by atoms with van der Waals surface area (Å²) >= 11 is 0. The Morgan fingerprint density at radius 3 is 3.00 bits per heavy atom. The van der Waals surface area contributed by atoms with Gasteiger partial charge in [-0.3, -0.25) is 9.59 Å². The number of likely N-dealkylation sites (tertiary alicyclic amines) is 1. The molecular formula is C19H23N3O3. The monoisotopic (exact) mass is 341 g/mol. The summed E-state index contributed by atoms with van der Waals surface area (Å²) in [6, 6.07) is 9.06. The molecule has 6 heteroatoms. The highest BCUT2D eigenvalue weighted by molar-refractivity contribution is 5.79. The van der Waals surface area contributed by atoms with Crippen molar-refractivity contribution in [1.82, 2.24) is 14.9 Å². The van der Waals surface area contributed by atoms with Gasteiger partial charge in [-0.2, -0.15) is 0 Å². The van der Waals surface area contributed by atoms with Crippen molar-refractivity contribution in [2.24, 2.45) is 0 Å². The van der Waals surface area contributed by atoms with Crippen molar-refractivity contribution < 1.29 is 9.53 Å². The summed E-state index contributed by atoms with van der Waals surface area (Å²) in [5, 5.41) is 0. The molecule has 25 heavy (non-hydrogen) atoms. The molecule has 1 fully saturated rings. The topological polar surface area (TPSA) is 75.3 Å². The zero-order valence-corrected chi connectivity index (χ0v) is 14.6. The van der Waals surface area contributed by atoms with E-state index in [1.165, 1.54) is 6.07 Å². The first-order chi connectivity index (χ1) is 12.0. The quantitative estimate of drug-likeness (QED) is 0.923. The second-order valence-electron chi connectivity index (χ2n) is 6.48. The fourth-order valence-electron chi connectivity index (χ4n) is 3.29. The zero-order chi connectivity index (χ0) is 17.8. The molecule has 0 bridgehead atoms. The second kappa shape index (κ2) is 7.51. The zero-order valence-electron chi connectivity index (χ0n) is 14.6. The first-order valence-electron chi connectivity index (χ1n) is 8.53. The van der Waals surface area contributed by atoms with Gasteiger partial charge in [-0.1, -0.05) is 12.1 Å². The van der Waals surface area contributed by atoms with Crippen LogP contribution in [0.1, 0.15) is 35.8 Å². The van der Waals surface area contributed by atoms with Gasteiger partial charge in [-0.15, -0.1) is 0 Å². The van der Waals surface area contributed by atoms with E-state index in [0.717, 1.165) is 30.7 Å². The summed E-state index contributed by atoms with van der Waals surface area (Å²) in [5.74, 6) is 1.61. The number of H-pyrrole nitrogens is 1. The molecule has 0 unspecified atom stereocenters. The number of nitrogens with zero attached hydrogens (tertiary/aromatic N) is 2. The van der Waals surface area contributed by atoms with Gasteiger partial charge >= 0.3 is 0 Å². The van der Waals surface area contributed by atoms with Gasteiger partial charge in [-0.05, 0) is 37.5 Å². The highest BCUT2D eigenvalue weighted by Gasteiger charge is 2.26.